The molecular formula is C25H23N3. The molecule has 0 saturated heterocycles. The van der Waals surface area contributed by atoms with Crippen molar-refractivity contribution < 1.29 is 0 Å². The van der Waals surface area contributed by atoms with Gasteiger partial charge in [0.1, 0.15) is 5.65 Å². The number of hydrogen-bond donors (Lipinski definition) is 1. The molecule has 0 atom stereocenters. The van der Waals surface area contributed by atoms with Crippen LogP contribution in [0.15, 0.2) is 85.2 Å². The summed E-state index contributed by atoms with van der Waals surface area (Å²) in [7, 11) is 0. The molecule has 5 rings (SSSR count). The zero-order valence-electron chi connectivity index (χ0n) is 15.8. The monoisotopic (exact) mass is 365 g/mol. The summed E-state index contributed by atoms with van der Waals surface area (Å²) in [6, 6.07) is 23.7. The molecule has 0 radical (unpaired) electrons. The van der Waals surface area contributed by atoms with E-state index in [1.54, 1.807) is 0 Å². The highest BCUT2D eigenvalue weighted by atomic mass is 15.1. The number of hydrogen-bond acceptors (Lipinski definition) is 2. The molecule has 138 valence electrons. The Morgan fingerprint density at radius 3 is 2.50 bits per heavy atom. The van der Waals surface area contributed by atoms with Crippen LogP contribution in [0.2, 0.25) is 0 Å². The predicted molar refractivity (Wildman–Crippen MR) is 116 cm³/mol. The Labute approximate surface area is 165 Å². The fourth-order valence-electron chi connectivity index (χ4n) is 4.01. The van der Waals surface area contributed by atoms with E-state index in [2.05, 4.69) is 87.8 Å². The lowest BCUT2D eigenvalue weighted by molar-refractivity contribution is 0.294. The van der Waals surface area contributed by atoms with Crippen LogP contribution >= 0.6 is 0 Å². The molecule has 1 aliphatic heterocycles. The van der Waals surface area contributed by atoms with E-state index in [0.717, 1.165) is 31.7 Å². The van der Waals surface area contributed by atoms with E-state index in [-0.39, 0.29) is 0 Å². The number of nitrogens with one attached hydrogen (secondary N) is 1. The summed E-state index contributed by atoms with van der Waals surface area (Å²) in [6.45, 7) is 3.07. The number of nitrogens with zero attached hydrogens (tertiary/aromatic N) is 2. The third-order valence-corrected chi connectivity index (χ3v) is 5.56. The molecule has 2 aromatic heterocycles. The number of pyridine rings is 1. The van der Waals surface area contributed by atoms with Gasteiger partial charge in [-0.05, 0) is 40.8 Å². The number of aromatic nitrogens is 2. The fraction of sp³-hybridized carbons (Fsp3) is 0.160. The first-order valence-electron chi connectivity index (χ1n) is 9.85. The molecular weight excluding hydrogens is 342 g/mol. The van der Waals surface area contributed by atoms with E-state index in [9.17, 15) is 0 Å². The largest absolute Gasteiger partial charge is 0.346 e. The van der Waals surface area contributed by atoms with Crippen molar-refractivity contribution in [1.82, 2.24) is 14.9 Å². The van der Waals surface area contributed by atoms with Crippen molar-refractivity contribution in [2.24, 2.45) is 0 Å². The van der Waals surface area contributed by atoms with E-state index in [4.69, 9.17) is 0 Å². The number of aromatic amines is 1. The minimum absolute atomic E-state index is 0.972. The molecule has 3 heterocycles. The Kier molecular flexibility index (Phi) is 4.51. The maximum Gasteiger partial charge on any atom is 0.137 e. The standard InChI is InChI=1S/C25H23N3/c1-2-5-20(6-3-1)21-10-8-19(9-11-21)18-28-15-12-22(13-16-28)24-17-27-25-23(24)7-4-14-26-25/h1-12,14,17H,13,15-16,18H2,(H,26,27). The van der Waals surface area contributed by atoms with Crippen LogP contribution in [-0.2, 0) is 6.54 Å². The molecule has 0 bridgehead atoms. The molecule has 0 unspecified atom stereocenters. The van der Waals surface area contributed by atoms with Crippen LogP contribution in [0, 0.1) is 0 Å². The van der Waals surface area contributed by atoms with E-state index in [1.807, 2.05) is 12.3 Å². The minimum Gasteiger partial charge on any atom is -0.346 e. The van der Waals surface area contributed by atoms with Crippen LogP contribution in [0.25, 0.3) is 27.7 Å². The van der Waals surface area contributed by atoms with Crippen molar-refractivity contribution in [1.29, 1.82) is 0 Å². The Morgan fingerprint density at radius 1 is 0.893 bits per heavy atom. The van der Waals surface area contributed by atoms with Crippen LogP contribution in [0.5, 0.6) is 0 Å². The second-order valence-corrected chi connectivity index (χ2v) is 7.38. The molecule has 0 amide bonds. The van der Waals surface area contributed by atoms with Gasteiger partial charge in [0.25, 0.3) is 0 Å². The van der Waals surface area contributed by atoms with Gasteiger partial charge >= 0.3 is 0 Å². The third kappa shape index (κ3) is 3.37. The van der Waals surface area contributed by atoms with Crippen molar-refractivity contribution in [2.45, 2.75) is 13.0 Å². The SMILES string of the molecule is C1=C(c2c[nH]c3ncccc23)CCN(Cc2ccc(-c3ccccc3)cc2)C1. The summed E-state index contributed by atoms with van der Waals surface area (Å²) in [4.78, 5) is 10.2. The zero-order chi connectivity index (χ0) is 18.8. The molecule has 28 heavy (non-hydrogen) atoms. The first-order chi connectivity index (χ1) is 13.9. The third-order valence-electron chi connectivity index (χ3n) is 5.56. The Bertz CT molecular complexity index is 1110. The molecule has 1 aliphatic rings. The second kappa shape index (κ2) is 7.45. The molecule has 3 nitrogen and oxygen atoms in total. The fourth-order valence-corrected chi connectivity index (χ4v) is 4.01. The van der Waals surface area contributed by atoms with Gasteiger partial charge in [-0.2, -0.15) is 0 Å². The minimum atomic E-state index is 0.972. The number of benzene rings is 2. The van der Waals surface area contributed by atoms with E-state index in [0.29, 0.717) is 0 Å². The molecule has 0 aliphatic carbocycles. The Hall–Kier alpha value is -3.17. The van der Waals surface area contributed by atoms with Gasteiger partial charge in [0.15, 0.2) is 0 Å². The van der Waals surface area contributed by atoms with Crippen molar-refractivity contribution in [2.75, 3.05) is 13.1 Å². The van der Waals surface area contributed by atoms with Gasteiger partial charge in [-0.15, -0.1) is 0 Å². The molecule has 4 aromatic rings. The lowest BCUT2D eigenvalue weighted by Crippen LogP contribution is -2.27. The quantitative estimate of drug-likeness (QED) is 0.516. The average Bonchev–Trinajstić information content (AvgIpc) is 3.20. The van der Waals surface area contributed by atoms with E-state index in [1.165, 1.54) is 33.2 Å². The lowest BCUT2D eigenvalue weighted by atomic mass is 9.99. The first kappa shape index (κ1) is 17.0. The predicted octanol–water partition coefficient (Wildman–Crippen LogP) is 5.52. The number of H-pyrrole nitrogens is 1. The van der Waals surface area contributed by atoms with Gasteiger partial charge in [-0.3, -0.25) is 4.90 Å². The van der Waals surface area contributed by atoms with Gasteiger partial charge in [0.2, 0.25) is 0 Å². The van der Waals surface area contributed by atoms with Crippen LogP contribution in [0.4, 0.5) is 0 Å². The van der Waals surface area contributed by atoms with E-state index >= 15 is 0 Å². The van der Waals surface area contributed by atoms with Crippen LogP contribution in [0.3, 0.4) is 0 Å². The average molecular weight is 365 g/mol. The van der Waals surface area contributed by atoms with Crippen molar-refractivity contribution in [3.63, 3.8) is 0 Å². The smallest absolute Gasteiger partial charge is 0.137 e. The summed E-state index contributed by atoms with van der Waals surface area (Å²) < 4.78 is 0. The maximum atomic E-state index is 4.40. The van der Waals surface area contributed by atoms with Crippen LogP contribution < -0.4 is 0 Å². The Balaban J connectivity index is 1.27. The number of fused-ring (bicyclic) bond motifs is 1. The summed E-state index contributed by atoms with van der Waals surface area (Å²) in [6.07, 6.45) is 7.38. The van der Waals surface area contributed by atoms with Crippen LogP contribution in [0.1, 0.15) is 17.5 Å². The summed E-state index contributed by atoms with van der Waals surface area (Å²) >= 11 is 0. The molecule has 0 spiro atoms. The summed E-state index contributed by atoms with van der Waals surface area (Å²) in [5.41, 5.74) is 7.61. The highest BCUT2D eigenvalue weighted by Crippen LogP contribution is 2.29. The van der Waals surface area contributed by atoms with Gasteiger partial charge in [0, 0.05) is 43.0 Å². The molecule has 1 N–H and O–H groups in total. The van der Waals surface area contributed by atoms with Crippen molar-refractivity contribution >= 4 is 16.6 Å². The molecule has 3 heteroatoms. The topological polar surface area (TPSA) is 31.9 Å². The van der Waals surface area contributed by atoms with Gasteiger partial charge in [-0.1, -0.05) is 60.7 Å². The highest BCUT2D eigenvalue weighted by molar-refractivity contribution is 5.90. The molecule has 0 saturated carbocycles. The highest BCUT2D eigenvalue weighted by Gasteiger charge is 2.16. The van der Waals surface area contributed by atoms with Gasteiger partial charge < -0.3 is 4.98 Å². The normalized spacial score (nSPS) is 14.9. The first-order valence-corrected chi connectivity index (χ1v) is 9.85. The van der Waals surface area contributed by atoms with Gasteiger partial charge in [-0.25, -0.2) is 4.98 Å². The summed E-state index contributed by atoms with van der Waals surface area (Å²) in [5.74, 6) is 0. The number of rotatable bonds is 4. The molecule has 0 fully saturated rings. The van der Waals surface area contributed by atoms with Gasteiger partial charge in [0.05, 0.1) is 0 Å². The van der Waals surface area contributed by atoms with Crippen molar-refractivity contribution in [3.05, 3.63) is 96.3 Å². The van der Waals surface area contributed by atoms with Crippen molar-refractivity contribution in [3.8, 4) is 11.1 Å². The van der Waals surface area contributed by atoms with Crippen LogP contribution in [-0.4, -0.2) is 28.0 Å². The molecule has 2 aromatic carbocycles. The maximum absolute atomic E-state index is 4.40. The second-order valence-electron chi connectivity index (χ2n) is 7.38. The zero-order valence-corrected chi connectivity index (χ0v) is 15.8. The lowest BCUT2D eigenvalue weighted by Gasteiger charge is -2.26. The van der Waals surface area contributed by atoms with E-state index < -0.39 is 0 Å². The Morgan fingerprint density at radius 2 is 1.71 bits per heavy atom. The summed E-state index contributed by atoms with van der Waals surface area (Å²) in [5, 5.41) is 1.22.